The van der Waals surface area contributed by atoms with Gasteiger partial charge in [0.2, 0.25) is 0 Å². The molecule has 3 rings (SSSR count). The molecular formula is C18H15N3O. The summed E-state index contributed by atoms with van der Waals surface area (Å²) in [6.07, 6.45) is 5.89. The van der Waals surface area contributed by atoms with Crippen molar-refractivity contribution in [1.82, 2.24) is 4.98 Å². The van der Waals surface area contributed by atoms with Crippen molar-refractivity contribution in [3.63, 3.8) is 0 Å². The third kappa shape index (κ3) is 3.12. The number of carbonyl (C=O) groups is 1. The predicted molar refractivity (Wildman–Crippen MR) is 90.3 cm³/mol. The molecule has 0 radical (unpaired) electrons. The number of amides is 2. The third-order valence-corrected chi connectivity index (χ3v) is 3.32. The van der Waals surface area contributed by atoms with Crippen LogP contribution in [-0.4, -0.2) is 11.0 Å². The maximum Gasteiger partial charge on any atom is 0.316 e. The van der Waals surface area contributed by atoms with Crippen LogP contribution in [0.5, 0.6) is 0 Å². The van der Waals surface area contributed by atoms with Gasteiger partial charge < -0.3 is 11.1 Å². The number of primary amides is 1. The SMILES string of the molecule is NC(=O)Nc1ccc(/C=C/c2ccnc3ccccc23)cc1. The molecule has 3 aromatic rings. The summed E-state index contributed by atoms with van der Waals surface area (Å²) in [6, 6.07) is 16.9. The Hall–Kier alpha value is -3.14. The Morgan fingerprint density at radius 2 is 1.77 bits per heavy atom. The fourth-order valence-electron chi connectivity index (χ4n) is 2.27. The van der Waals surface area contributed by atoms with Gasteiger partial charge in [-0.15, -0.1) is 0 Å². The molecule has 0 bridgehead atoms. The Bertz CT molecular complexity index is 833. The van der Waals surface area contributed by atoms with Crippen molar-refractivity contribution in [2.45, 2.75) is 0 Å². The first-order valence-electron chi connectivity index (χ1n) is 6.91. The fourth-order valence-corrected chi connectivity index (χ4v) is 2.27. The van der Waals surface area contributed by atoms with E-state index in [1.54, 1.807) is 0 Å². The lowest BCUT2D eigenvalue weighted by Crippen LogP contribution is -2.19. The molecule has 0 spiro atoms. The molecule has 0 fully saturated rings. The second-order valence-corrected chi connectivity index (χ2v) is 4.86. The van der Waals surface area contributed by atoms with E-state index in [-0.39, 0.29) is 0 Å². The number of hydrogen-bond acceptors (Lipinski definition) is 2. The van der Waals surface area contributed by atoms with Gasteiger partial charge >= 0.3 is 6.03 Å². The first-order valence-corrected chi connectivity index (χ1v) is 6.91. The molecule has 0 unspecified atom stereocenters. The maximum atomic E-state index is 10.8. The highest BCUT2D eigenvalue weighted by atomic mass is 16.2. The lowest BCUT2D eigenvalue weighted by atomic mass is 10.1. The molecule has 3 N–H and O–H groups in total. The van der Waals surface area contributed by atoms with Crippen molar-refractivity contribution in [1.29, 1.82) is 0 Å². The van der Waals surface area contributed by atoms with Gasteiger partial charge in [0.15, 0.2) is 0 Å². The highest BCUT2D eigenvalue weighted by Crippen LogP contribution is 2.19. The number of anilines is 1. The van der Waals surface area contributed by atoms with Gasteiger partial charge in [-0.25, -0.2) is 4.79 Å². The Kier molecular flexibility index (Phi) is 3.83. The molecule has 22 heavy (non-hydrogen) atoms. The van der Waals surface area contributed by atoms with E-state index >= 15 is 0 Å². The molecule has 2 aromatic carbocycles. The number of fused-ring (bicyclic) bond motifs is 1. The summed E-state index contributed by atoms with van der Waals surface area (Å²) in [6.45, 7) is 0. The van der Waals surface area contributed by atoms with E-state index in [2.05, 4.69) is 22.4 Å². The lowest BCUT2D eigenvalue weighted by Gasteiger charge is -2.02. The van der Waals surface area contributed by atoms with Gasteiger partial charge in [-0.1, -0.05) is 42.5 Å². The van der Waals surface area contributed by atoms with Crippen molar-refractivity contribution < 1.29 is 4.79 Å². The number of carbonyl (C=O) groups excluding carboxylic acids is 1. The molecule has 108 valence electrons. The van der Waals surface area contributed by atoms with E-state index in [0.717, 1.165) is 22.0 Å². The van der Waals surface area contributed by atoms with Crippen LogP contribution in [0.3, 0.4) is 0 Å². The quantitative estimate of drug-likeness (QED) is 0.768. The number of nitrogens with one attached hydrogen (secondary N) is 1. The van der Waals surface area contributed by atoms with Crippen LogP contribution < -0.4 is 11.1 Å². The van der Waals surface area contributed by atoms with Crippen molar-refractivity contribution >= 4 is 34.8 Å². The van der Waals surface area contributed by atoms with Gasteiger partial charge in [-0.2, -0.15) is 0 Å². The molecule has 0 saturated heterocycles. The Balaban J connectivity index is 1.85. The molecule has 0 atom stereocenters. The van der Waals surface area contributed by atoms with Crippen molar-refractivity contribution in [3.05, 3.63) is 71.9 Å². The minimum absolute atomic E-state index is 0.563. The van der Waals surface area contributed by atoms with Crippen LogP contribution in [0, 0.1) is 0 Å². The summed E-state index contributed by atoms with van der Waals surface area (Å²) >= 11 is 0. The topological polar surface area (TPSA) is 68.0 Å². The predicted octanol–water partition coefficient (Wildman–Crippen LogP) is 3.90. The molecule has 2 amide bonds. The standard InChI is InChI=1S/C18H15N3O/c19-18(22)21-15-9-6-13(7-10-15)5-8-14-11-12-20-17-4-2-1-3-16(14)17/h1-12H,(H3,19,21,22)/b8-5+. The van der Waals surface area contributed by atoms with E-state index in [4.69, 9.17) is 5.73 Å². The van der Waals surface area contributed by atoms with Crippen LogP contribution >= 0.6 is 0 Å². The molecule has 0 aliphatic rings. The number of hydrogen-bond donors (Lipinski definition) is 2. The molecular weight excluding hydrogens is 274 g/mol. The molecule has 0 saturated carbocycles. The molecule has 4 nitrogen and oxygen atoms in total. The summed E-state index contributed by atoms with van der Waals surface area (Å²) in [5.41, 5.74) is 8.89. The zero-order valence-corrected chi connectivity index (χ0v) is 11.9. The van der Waals surface area contributed by atoms with Crippen LogP contribution in [0.1, 0.15) is 11.1 Å². The number of aromatic nitrogens is 1. The zero-order chi connectivity index (χ0) is 15.4. The minimum atomic E-state index is -0.563. The first kappa shape index (κ1) is 13.8. The highest BCUT2D eigenvalue weighted by Gasteiger charge is 1.98. The summed E-state index contributed by atoms with van der Waals surface area (Å²) in [5, 5.41) is 3.66. The van der Waals surface area contributed by atoms with Gasteiger partial charge in [0.1, 0.15) is 0 Å². The van der Waals surface area contributed by atoms with E-state index in [1.165, 1.54) is 0 Å². The summed E-state index contributed by atoms with van der Waals surface area (Å²) in [7, 11) is 0. The molecule has 0 aliphatic heterocycles. The number of nitrogens with two attached hydrogens (primary N) is 1. The van der Waals surface area contributed by atoms with Gasteiger partial charge in [0.25, 0.3) is 0 Å². The van der Waals surface area contributed by atoms with Gasteiger partial charge in [-0.3, -0.25) is 4.98 Å². The van der Waals surface area contributed by atoms with Crippen LogP contribution in [0.15, 0.2) is 60.8 Å². The summed E-state index contributed by atoms with van der Waals surface area (Å²) in [4.78, 5) is 15.1. The number of pyridine rings is 1. The minimum Gasteiger partial charge on any atom is -0.351 e. The van der Waals surface area contributed by atoms with Gasteiger partial charge in [0.05, 0.1) is 5.52 Å². The number of para-hydroxylation sites is 1. The molecule has 4 heteroatoms. The Morgan fingerprint density at radius 1 is 1.00 bits per heavy atom. The van der Waals surface area contributed by atoms with Crippen molar-refractivity contribution in [2.24, 2.45) is 5.73 Å². The van der Waals surface area contributed by atoms with Crippen molar-refractivity contribution in [3.8, 4) is 0 Å². The smallest absolute Gasteiger partial charge is 0.316 e. The van der Waals surface area contributed by atoms with E-state index in [9.17, 15) is 4.79 Å². The number of urea groups is 1. The number of nitrogens with zero attached hydrogens (tertiary/aromatic N) is 1. The monoisotopic (exact) mass is 289 g/mol. The van der Waals surface area contributed by atoms with E-state index in [1.807, 2.05) is 60.8 Å². The Morgan fingerprint density at radius 3 is 2.55 bits per heavy atom. The number of benzene rings is 2. The summed E-state index contributed by atoms with van der Waals surface area (Å²) in [5.74, 6) is 0. The number of rotatable bonds is 3. The fraction of sp³-hybridized carbons (Fsp3) is 0. The maximum absolute atomic E-state index is 10.8. The Labute approximate surface area is 128 Å². The van der Waals surface area contributed by atoms with Gasteiger partial charge in [-0.05, 0) is 35.4 Å². The normalized spacial score (nSPS) is 10.9. The largest absolute Gasteiger partial charge is 0.351 e. The van der Waals surface area contributed by atoms with Crippen LogP contribution in [0.4, 0.5) is 10.5 Å². The van der Waals surface area contributed by atoms with Crippen LogP contribution in [0.2, 0.25) is 0 Å². The second kappa shape index (κ2) is 6.10. The molecule has 0 aliphatic carbocycles. The molecule has 1 aromatic heterocycles. The van der Waals surface area contributed by atoms with Crippen molar-refractivity contribution in [2.75, 3.05) is 5.32 Å². The zero-order valence-electron chi connectivity index (χ0n) is 11.9. The van der Waals surface area contributed by atoms with Gasteiger partial charge in [0, 0.05) is 17.3 Å². The first-order chi connectivity index (χ1) is 10.7. The average Bonchev–Trinajstić information content (AvgIpc) is 2.54. The third-order valence-electron chi connectivity index (χ3n) is 3.32. The van der Waals surface area contributed by atoms with Crippen LogP contribution in [-0.2, 0) is 0 Å². The van der Waals surface area contributed by atoms with E-state index in [0.29, 0.717) is 5.69 Å². The lowest BCUT2D eigenvalue weighted by molar-refractivity contribution is 0.259. The summed E-state index contributed by atoms with van der Waals surface area (Å²) < 4.78 is 0. The van der Waals surface area contributed by atoms with E-state index < -0.39 is 6.03 Å². The molecule has 1 heterocycles. The highest BCUT2D eigenvalue weighted by molar-refractivity contribution is 5.91. The average molecular weight is 289 g/mol. The second-order valence-electron chi connectivity index (χ2n) is 4.86. The van der Waals surface area contributed by atoms with Crippen LogP contribution in [0.25, 0.3) is 23.1 Å².